The Hall–Kier alpha value is -0.850. The van der Waals surface area contributed by atoms with Crippen LogP contribution < -0.4 is 5.32 Å². The number of halogens is 2. The first kappa shape index (κ1) is 12.2. The minimum Gasteiger partial charge on any atom is -0.312 e. The zero-order valence-corrected chi connectivity index (χ0v) is 12.6. The van der Waals surface area contributed by atoms with Gasteiger partial charge in [0.1, 0.15) is 5.69 Å². The molecule has 1 aliphatic rings. The molecule has 0 spiro atoms. The molecule has 0 amide bonds. The Morgan fingerprint density at radius 2 is 2.06 bits per heavy atom. The van der Waals surface area contributed by atoms with Crippen molar-refractivity contribution < 1.29 is 0 Å². The van der Waals surface area contributed by atoms with Gasteiger partial charge in [0.25, 0.3) is 0 Å². The van der Waals surface area contributed by atoms with Crippen LogP contribution in [0.25, 0.3) is 11.5 Å². The fraction of sp³-hybridized carbons (Fsp3) is 0.250. The number of rotatable bonds is 1. The summed E-state index contributed by atoms with van der Waals surface area (Å²) in [6, 6.07) is 1.95. The molecule has 0 atom stereocenters. The van der Waals surface area contributed by atoms with E-state index in [1.165, 1.54) is 5.56 Å². The number of hydrogen-bond acceptors (Lipinski definition) is 4. The van der Waals surface area contributed by atoms with Crippen molar-refractivity contribution >= 4 is 31.9 Å². The lowest BCUT2D eigenvalue weighted by Gasteiger charge is -2.16. The van der Waals surface area contributed by atoms with Gasteiger partial charge in [0.15, 0.2) is 5.82 Å². The van der Waals surface area contributed by atoms with E-state index >= 15 is 0 Å². The molecule has 2 aromatic rings. The number of nitrogens with zero attached hydrogens (tertiary/aromatic N) is 3. The molecular formula is C12H10Br2N4. The molecule has 18 heavy (non-hydrogen) atoms. The van der Waals surface area contributed by atoms with Crippen LogP contribution >= 0.6 is 31.9 Å². The minimum atomic E-state index is 0.676. The van der Waals surface area contributed by atoms with E-state index in [2.05, 4.69) is 52.1 Å². The van der Waals surface area contributed by atoms with Crippen molar-refractivity contribution in [1.29, 1.82) is 0 Å². The SMILES string of the molecule is Brc1cnc(-c2ncc3c(n2)CCNC3)c(Br)c1. The molecule has 3 heterocycles. The van der Waals surface area contributed by atoms with Gasteiger partial charge in [-0.3, -0.25) is 4.98 Å². The Morgan fingerprint density at radius 3 is 2.89 bits per heavy atom. The third-order valence-corrected chi connectivity index (χ3v) is 3.87. The average Bonchev–Trinajstić information content (AvgIpc) is 2.38. The second-order valence-electron chi connectivity index (χ2n) is 4.08. The van der Waals surface area contributed by atoms with Gasteiger partial charge in [-0.1, -0.05) is 0 Å². The Bertz CT molecular complexity index is 601. The molecule has 0 saturated carbocycles. The van der Waals surface area contributed by atoms with Gasteiger partial charge in [-0.2, -0.15) is 0 Å². The summed E-state index contributed by atoms with van der Waals surface area (Å²) in [5.41, 5.74) is 3.08. The summed E-state index contributed by atoms with van der Waals surface area (Å²) >= 11 is 6.88. The summed E-state index contributed by atoms with van der Waals surface area (Å²) in [7, 11) is 0. The van der Waals surface area contributed by atoms with E-state index in [-0.39, 0.29) is 0 Å². The molecule has 0 aromatic carbocycles. The van der Waals surface area contributed by atoms with E-state index in [0.29, 0.717) is 5.82 Å². The van der Waals surface area contributed by atoms with Crippen LogP contribution in [0.15, 0.2) is 27.4 Å². The van der Waals surface area contributed by atoms with Gasteiger partial charge in [-0.05, 0) is 37.9 Å². The van der Waals surface area contributed by atoms with Gasteiger partial charge in [0.2, 0.25) is 0 Å². The van der Waals surface area contributed by atoms with E-state index in [1.54, 1.807) is 6.20 Å². The molecule has 3 rings (SSSR count). The second kappa shape index (κ2) is 5.03. The number of hydrogen-bond donors (Lipinski definition) is 1. The van der Waals surface area contributed by atoms with Gasteiger partial charge < -0.3 is 5.32 Å². The molecule has 92 valence electrons. The normalized spacial score (nSPS) is 14.3. The van der Waals surface area contributed by atoms with Crippen molar-refractivity contribution in [3.8, 4) is 11.5 Å². The van der Waals surface area contributed by atoms with E-state index in [9.17, 15) is 0 Å². The van der Waals surface area contributed by atoms with Crippen molar-refractivity contribution in [2.24, 2.45) is 0 Å². The monoisotopic (exact) mass is 368 g/mol. The molecular weight excluding hydrogens is 360 g/mol. The lowest BCUT2D eigenvalue weighted by atomic mass is 10.1. The maximum atomic E-state index is 4.62. The number of aromatic nitrogens is 3. The summed E-state index contributed by atoms with van der Waals surface area (Å²) in [6.45, 7) is 1.82. The quantitative estimate of drug-likeness (QED) is 0.839. The Labute approximate surface area is 122 Å². The highest BCUT2D eigenvalue weighted by atomic mass is 79.9. The highest BCUT2D eigenvalue weighted by molar-refractivity contribution is 9.11. The fourth-order valence-corrected chi connectivity index (χ4v) is 3.09. The molecule has 0 aliphatic carbocycles. The molecule has 0 unspecified atom stereocenters. The molecule has 0 bridgehead atoms. The first-order valence-electron chi connectivity index (χ1n) is 5.61. The maximum Gasteiger partial charge on any atom is 0.179 e. The highest BCUT2D eigenvalue weighted by Gasteiger charge is 2.14. The largest absolute Gasteiger partial charge is 0.312 e. The predicted octanol–water partition coefficient (Wildman–Crippen LogP) is 2.71. The summed E-state index contributed by atoms with van der Waals surface area (Å²) < 4.78 is 1.83. The molecule has 0 fully saturated rings. The number of nitrogens with one attached hydrogen (secondary N) is 1. The van der Waals surface area contributed by atoms with Crippen LogP contribution in [0.4, 0.5) is 0 Å². The van der Waals surface area contributed by atoms with Crippen LogP contribution in [0.3, 0.4) is 0 Å². The molecule has 1 N–H and O–H groups in total. The van der Waals surface area contributed by atoms with Gasteiger partial charge in [-0.15, -0.1) is 0 Å². The average molecular weight is 370 g/mol. The zero-order valence-electron chi connectivity index (χ0n) is 9.45. The lowest BCUT2D eigenvalue weighted by Crippen LogP contribution is -2.25. The Morgan fingerprint density at radius 1 is 1.17 bits per heavy atom. The third kappa shape index (κ3) is 2.32. The standard InChI is InChI=1S/C12H10Br2N4/c13-8-3-9(14)11(16-6-8)12-17-5-7-4-15-2-1-10(7)18-12/h3,5-6,15H,1-2,4H2. The highest BCUT2D eigenvalue weighted by Crippen LogP contribution is 2.26. The van der Waals surface area contributed by atoms with E-state index < -0.39 is 0 Å². The van der Waals surface area contributed by atoms with E-state index in [1.807, 2.05) is 12.3 Å². The third-order valence-electron chi connectivity index (χ3n) is 2.83. The first-order chi connectivity index (χ1) is 8.74. The summed E-state index contributed by atoms with van der Waals surface area (Å²) in [5, 5.41) is 3.31. The van der Waals surface area contributed by atoms with Gasteiger partial charge in [0.05, 0.1) is 5.69 Å². The van der Waals surface area contributed by atoms with Crippen molar-refractivity contribution in [3.05, 3.63) is 38.7 Å². The smallest absolute Gasteiger partial charge is 0.179 e. The van der Waals surface area contributed by atoms with Crippen molar-refractivity contribution in [1.82, 2.24) is 20.3 Å². The van der Waals surface area contributed by atoms with Crippen LogP contribution in [-0.2, 0) is 13.0 Å². The minimum absolute atomic E-state index is 0.676. The van der Waals surface area contributed by atoms with Crippen LogP contribution in [0.1, 0.15) is 11.3 Å². The van der Waals surface area contributed by atoms with Gasteiger partial charge in [-0.25, -0.2) is 9.97 Å². The summed E-state index contributed by atoms with van der Waals surface area (Å²) in [4.78, 5) is 13.4. The van der Waals surface area contributed by atoms with Crippen LogP contribution in [-0.4, -0.2) is 21.5 Å². The molecule has 0 radical (unpaired) electrons. The second-order valence-corrected chi connectivity index (χ2v) is 5.85. The van der Waals surface area contributed by atoms with Crippen molar-refractivity contribution in [2.45, 2.75) is 13.0 Å². The zero-order chi connectivity index (χ0) is 12.5. The summed E-state index contributed by atoms with van der Waals surface area (Å²) in [5.74, 6) is 0.676. The van der Waals surface area contributed by atoms with Crippen molar-refractivity contribution in [3.63, 3.8) is 0 Å². The van der Waals surface area contributed by atoms with E-state index in [0.717, 1.165) is 39.8 Å². The Balaban J connectivity index is 2.06. The Kier molecular flexibility index (Phi) is 3.41. The first-order valence-corrected chi connectivity index (χ1v) is 7.19. The fourth-order valence-electron chi connectivity index (χ4n) is 1.93. The topological polar surface area (TPSA) is 50.7 Å². The van der Waals surface area contributed by atoms with Crippen LogP contribution in [0.5, 0.6) is 0 Å². The molecule has 6 heteroatoms. The maximum absolute atomic E-state index is 4.62. The van der Waals surface area contributed by atoms with Crippen molar-refractivity contribution in [2.75, 3.05) is 6.54 Å². The predicted molar refractivity (Wildman–Crippen MR) is 76.1 cm³/mol. The van der Waals surface area contributed by atoms with Gasteiger partial charge >= 0.3 is 0 Å². The van der Waals surface area contributed by atoms with E-state index in [4.69, 9.17) is 0 Å². The van der Waals surface area contributed by atoms with Crippen LogP contribution in [0.2, 0.25) is 0 Å². The number of fused-ring (bicyclic) bond motifs is 1. The van der Waals surface area contributed by atoms with Gasteiger partial charge in [0, 0.05) is 46.4 Å². The van der Waals surface area contributed by atoms with Crippen LogP contribution in [0, 0.1) is 0 Å². The molecule has 0 saturated heterocycles. The number of pyridine rings is 1. The molecule has 1 aliphatic heterocycles. The molecule has 2 aromatic heterocycles. The summed E-state index contributed by atoms with van der Waals surface area (Å²) in [6.07, 6.45) is 4.59. The lowest BCUT2D eigenvalue weighted by molar-refractivity contribution is 0.626. The molecule has 4 nitrogen and oxygen atoms in total.